The van der Waals surface area contributed by atoms with E-state index in [1.807, 2.05) is 0 Å². The van der Waals surface area contributed by atoms with Crippen molar-refractivity contribution in [2.24, 2.45) is 0 Å². The molecule has 0 aliphatic carbocycles. The van der Waals surface area contributed by atoms with Gasteiger partial charge in [0, 0.05) is 5.02 Å². The fourth-order valence-electron chi connectivity index (χ4n) is 2.30. The average molecular weight is 314 g/mol. The van der Waals surface area contributed by atoms with Crippen LogP contribution >= 0.6 is 11.6 Å². The van der Waals surface area contributed by atoms with Gasteiger partial charge in [0.05, 0.1) is 16.7 Å². The highest BCUT2D eigenvalue weighted by Crippen LogP contribution is 2.26. The number of halogens is 2. The highest BCUT2D eigenvalue weighted by atomic mass is 35.5. The van der Waals surface area contributed by atoms with E-state index in [0.717, 1.165) is 5.52 Å². The molecule has 108 valence electrons. The average Bonchev–Trinajstić information content (AvgIpc) is 3.00. The Kier molecular flexibility index (Phi) is 2.90. The van der Waals surface area contributed by atoms with E-state index in [4.69, 9.17) is 11.6 Å². The quantitative estimate of drug-likeness (QED) is 0.611. The minimum Gasteiger partial charge on any atom is -0.335 e. The van der Waals surface area contributed by atoms with Gasteiger partial charge in [0.2, 0.25) is 5.65 Å². The van der Waals surface area contributed by atoms with Crippen LogP contribution in [0.1, 0.15) is 0 Å². The van der Waals surface area contributed by atoms with Crippen molar-refractivity contribution in [2.75, 3.05) is 5.32 Å². The predicted octanol–water partition coefficient (Wildman–Crippen LogP) is 3.81. The Morgan fingerprint density at radius 1 is 1.14 bits per heavy atom. The number of hydrogen-bond acceptors (Lipinski definition) is 4. The van der Waals surface area contributed by atoms with Crippen molar-refractivity contribution in [3.63, 3.8) is 0 Å². The van der Waals surface area contributed by atoms with E-state index in [-0.39, 0.29) is 5.82 Å². The number of aromatic nitrogens is 4. The molecule has 0 aliphatic rings. The van der Waals surface area contributed by atoms with E-state index in [1.165, 1.54) is 6.07 Å². The zero-order valence-electron chi connectivity index (χ0n) is 11.2. The molecule has 0 spiro atoms. The fraction of sp³-hybridized carbons (Fsp3) is 0. The van der Waals surface area contributed by atoms with Crippen molar-refractivity contribution in [3.8, 4) is 0 Å². The molecule has 0 unspecified atom stereocenters. The summed E-state index contributed by atoms with van der Waals surface area (Å²) in [7, 11) is 0. The SMILES string of the molecule is Fc1ccccc1Nc1nc2ccc(Cl)cc2n2cnnc12. The van der Waals surface area contributed by atoms with Gasteiger partial charge in [0.25, 0.3) is 0 Å². The molecule has 0 amide bonds. The molecule has 7 heteroatoms. The minimum atomic E-state index is -0.363. The lowest BCUT2D eigenvalue weighted by Gasteiger charge is -2.09. The third kappa shape index (κ3) is 2.05. The Hall–Kier alpha value is -2.73. The molecule has 5 nitrogen and oxygen atoms in total. The Labute approximate surface area is 129 Å². The Balaban J connectivity index is 1.95. The molecule has 0 saturated heterocycles. The zero-order chi connectivity index (χ0) is 15.1. The first-order valence-electron chi connectivity index (χ1n) is 6.53. The molecule has 0 radical (unpaired) electrons. The second kappa shape index (κ2) is 4.92. The lowest BCUT2D eigenvalue weighted by atomic mass is 10.3. The van der Waals surface area contributed by atoms with Gasteiger partial charge in [0.15, 0.2) is 5.82 Å². The van der Waals surface area contributed by atoms with Gasteiger partial charge in [-0.2, -0.15) is 0 Å². The molecule has 4 rings (SSSR count). The number of benzene rings is 2. The van der Waals surface area contributed by atoms with E-state index in [9.17, 15) is 4.39 Å². The lowest BCUT2D eigenvalue weighted by molar-refractivity contribution is 0.632. The van der Waals surface area contributed by atoms with E-state index in [0.29, 0.717) is 27.7 Å². The lowest BCUT2D eigenvalue weighted by Crippen LogP contribution is -2.01. The first kappa shape index (κ1) is 13.0. The number of rotatable bonds is 2. The van der Waals surface area contributed by atoms with E-state index >= 15 is 0 Å². The largest absolute Gasteiger partial charge is 0.335 e. The Morgan fingerprint density at radius 2 is 2.00 bits per heavy atom. The number of nitrogens with zero attached hydrogens (tertiary/aromatic N) is 4. The summed E-state index contributed by atoms with van der Waals surface area (Å²) in [5.74, 6) is 0.0654. The number of hydrogen-bond donors (Lipinski definition) is 1. The van der Waals surface area contributed by atoms with E-state index < -0.39 is 0 Å². The van der Waals surface area contributed by atoms with Crippen molar-refractivity contribution in [1.82, 2.24) is 19.6 Å². The maximum Gasteiger partial charge on any atom is 0.204 e. The maximum atomic E-state index is 13.8. The van der Waals surface area contributed by atoms with Gasteiger partial charge in [-0.25, -0.2) is 9.37 Å². The molecule has 22 heavy (non-hydrogen) atoms. The smallest absolute Gasteiger partial charge is 0.204 e. The van der Waals surface area contributed by atoms with Crippen LogP contribution < -0.4 is 5.32 Å². The van der Waals surface area contributed by atoms with Crippen molar-refractivity contribution in [2.45, 2.75) is 0 Å². The van der Waals surface area contributed by atoms with Gasteiger partial charge >= 0.3 is 0 Å². The number of nitrogens with one attached hydrogen (secondary N) is 1. The highest BCUT2D eigenvalue weighted by molar-refractivity contribution is 6.31. The summed E-state index contributed by atoms with van der Waals surface area (Å²) >= 11 is 6.03. The van der Waals surface area contributed by atoms with Crippen LogP contribution in [0.2, 0.25) is 5.02 Å². The van der Waals surface area contributed by atoms with Gasteiger partial charge in [-0.05, 0) is 30.3 Å². The summed E-state index contributed by atoms with van der Waals surface area (Å²) in [6, 6.07) is 11.7. The molecule has 0 aliphatic heterocycles. The molecular weight excluding hydrogens is 305 g/mol. The van der Waals surface area contributed by atoms with Crippen molar-refractivity contribution in [3.05, 3.63) is 59.6 Å². The standard InChI is InChI=1S/C15H9ClFN5/c16-9-5-6-12-13(7-9)22-8-18-21-15(22)14(20-12)19-11-4-2-1-3-10(11)17/h1-8H,(H,19,20). The van der Waals surface area contributed by atoms with Gasteiger partial charge in [-0.3, -0.25) is 4.40 Å². The van der Waals surface area contributed by atoms with Crippen LogP contribution in [0.3, 0.4) is 0 Å². The first-order chi connectivity index (χ1) is 10.7. The predicted molar refractivity (Wildman–Crippen MR) is 83.0 cm³/mol. The van der Waals surface area contributed by atoms with Crippen LogP contribution in [0.25, 0.3) is 16.7 Å². The molecule has 4 aromatic rings. The molecule has 0 atom stereocenters. The molecule has 2 aromatic heterocycles. The maximum absolute atomic E-state index is 13.8. The van der Waals surface area contributed by atoms with Crippen LogP contribution in [0.15, 0.2) is 48.8 Å². The van der Waals surface area contributed by atoms with Crippen LogP contribution in [-0.2, 0) is 0 Å². The van der Waals surface area contributed by atoms with Crippen molar-refractivity contribution in [1.29, 1.82) is 0 Å². The third-order valence-electron chi connectivity index (χ3n) is 3.32. The summed E-state index contributed by atoms with van der Waals surface area (Å²) in [4.78, 5) is 4.49. The summed E-state index contributed by atoms with van der Waals surface area (Å²) in [5.41, 5.74) is 2.31. The second-order valence-corrected chi connectivity index (χ2v) is 5.16. The summed E-state index contributed by atoms with van der Waals surface area (Å²) in [6.07, 6.45) is 1.57. The summed E-state index contributed by atoms with van der Waals surface area (Å²) < 4.78 is 15.6. The topological polar surface area (TPSA) is 55.1 Å². The number of fused-ring (bicyclic) bond motifs is 3. The normalized spacial score (nSPS) is 11.2. The fourth-order valence-corrected chi connectivity index (χ4v) is 2.47. The van der Waals surface area contributed by atoms with Gasteiger partial charge in [-0.15, -0.1) is 10.2 Å². The molecule has 0 bridgehead atoms. The first-order valence-corrected chi connectivity index (χ1v) is 6.91. The highest BCUT2D eigenvalue weighted by Gasteiger charge is 2.12. The van der Waals surface area contributed by atoms with Crippen molar-refractivity contribution >= 4 is 39.8 Å². The molecule has 0 saturated carbocycles. The molecule has 0 fully saturated rings. The monoisotopic (exact) mass is 313 g/mol. The van der Waals surface area contributed by atoms with Crippen LogP contribution in [0, 0.1) is 5.82 Å². The number of anilines is 2. The van der Waals surface area contributed by atoms with Gasteiger partial charge in [-0.1, -0.05) is 23.7 Å². The molecular formula is C15H9ClFN5. The number of para-hydroxylation sites is 1. The summed E-state index contributed by atoms with van der Waals surface area (Å²) in [6.45, 7) is 0. The Morgan fingerprint density at radius 3 is 2.86 bits per heavy atom. The van der Waals surface area contributed by atoms with Gasteiger partial charge < -0.3 is 5.32 Å². The van der Waals surface area contributed by atoms with Crippen LogP contribution in [-0.4, -0.2) is 19.6 Å². The van der Waals surface area contributed by atoms with E-state index in [1.54, 1.807) is 47.1 Å². The van der Waals surface area contributed by atoms with E-state index in [2.05, 4.69) is 20.5 Å². The minimum absolute atomic E-state index is 0.327. The third-order valence-corrected chi connectivity index (χ3v) is 3.55. The van der Waals surface area contributed by atoms with Crippen molar-refractivity contribution < 1.29 is 4.39 Å². The molecule has 2 aromatic carbocycles. The zero-order valence-corrected chi connectivity index (χ0v) is 11.9. The Bertz CT molecular complexity index is 998. The van der Waals surface area contributed by atoms with Crippen LogP contribution in [0.5, 0.6) is 0 Å². The molecule has 2 heterocycles. The van der Waals surface area contributed by atoms with Gasteiger partial charge in [0.1, 0.15) is 12.1 Å². The second-order valence-electron chi connectivity index (χ2n) is 4.72. The molecule has 1 N–H and O–H groups in total. The van der Waals surface area contributed by atoms with Crippen LogP contribution in [0.4, 0.5) is 15.9 Å². The summed E-state index contributed by atoms with van der Waals surface area (Å²) in [5, 5.41) is 11.5.